The third-order valence-corrected chi connectivity index (χ3v) is 3.47. The summed E-state index contributed by atoms with van der Waals surface area (Å²) in [4.78, 5) is 0. The summed E-state index contributed by atoms with van der Waals surface area (Å²) in [7, 11) is 0. The van der Waals surface area contributed by atoms with Crippen LogP contribution in [0.2, 0.25) is 0 Å². The summed E-state index contributed by atoms with van der Waals surface area (Å²) in [5.74, 6) is 0.360. The molecule has 20 heavy (non-hydrogen) atoms. The van der Waals surface area contributed by atoms with Gasteiger partial charge in [-0.25, -0.2) is 4.39 Å². The lowest BCUT2D eigenvalue weighted by Gasteiger charge is -2.14. The fraction of sp³-hybridized carbons (Fsp3) is 0.250. The lowest BCUT2D eigenvalue weighted by Crippen LogP contribution is -2.06. The van der Waals surface area contributed by atoms with Crippen molar-refractivity contribution in [2.45, 2.75) is 26.1 Å². The van der Waals surface area contributed by atoms with Gasteiger partial charge in [0.05, 0.1) is 10.6 Å². The summed E-state index contributed by atoms with van der Waals surface area (Å²) >= 11 is 3.09. The minimum Gasteiger partial charge on any atom is -0.491 e. The van der Waals surface area contributed by atoms with Gasteiger partial charge in [0.1, 0.15) is 17.7 Å². The minimum atomic E-state index is -0.856. The average Bonchev–Trinajstić information content (AvgIpc) is 2.41. The van der Waals surface area contributed by atoms with Crippen LogP contribution in [-0.4, -0.2) is 11.2 Å². The summed E-state index contributed by atoms with van der Waals surface area (Å²) in [6, 6.07) is 11.8. The van der Waals surface area contributed by atoms with Crippen LogP contribution in [-0.2, 0) is 0 Å². The minimum absolute atomic E-state index is 0.103. The molecule has 2 rings (SSSR count). The summed E-state index contributed by atoms with van der Waals surface area (Å²) in [6.07, 6.45) is -0.753. The zero-order valence-corrected chi connectivity index (χ0v) is 12.9. The van der Waals surface area contributed by atoms with E-state index in [0.29, 0.717) is 15.6 Å². The molecule has 0 fully saturated rings. The first-order valence-corrected chi connectivity index (χ1v) is 7.16. The molecule has 0 saturated carbocycles. The van der Waals surface area contributed by atoms with Gasteiger partial charge < -0.3 is 9.84 Å². The highest BCUT2D eigenvalue weighted by atomic mass is 79.9. The zero-order valence-electron chi connectivity index (χ0n) is 11.3. The Labute approximate surface area is 126 Å². The number of ether oxygens (including phenoxy) is 1. The van der Waals surface area contributed by atoms with Crippen molar-refractivity contribution in [3.8, 4) is 5.75 Å². The Hall–Kier alpha value is -1.39. The van der Waals surface area contributed by atoms with Crippen molar-refractivity contribution in [3.63, 3.8) is 0 Å². The van der Waals surface area contributed by atoms with Crippen LogP contribution in [0.3, 0.4) is 0 Å². The van der Waals surface area contributed by atoms with Crippen molar-refractivity contribution in [1.29, 1.82) is 0 Å². The molecule has 1 unspecified atom stereocenters. The maximum atomic E-state index is 13.5. The second-order valence-corrected chi connectivity index (χ2v) is 5.67. The quantitative estimate of drug-likeness (QED) is 0.891. The van der Waals surface area contributed by atoms with Gasteiger partial charge in [0.25, 0.3) is 0 Å². The monoisotopic (exact) mass is 338 g/mol. The molecule has 0 radical (unpaired) electrons. The molecule has 1 N–H and O–H groups in total. The van der Waals surface area contributed by atoms with Gasteiger partial charge in [0, 0.05) is 0 Å². The molecule has 0 aromatic heterocycles. The first-order chi connectivity index (χ1) is 9.47. The van der Waals surface area contributed by atoms with Gasteiger partial charge in [0.15, 0.2) is 0 Å². The van der Waals surface area contributed by atoms with Crippen molar-refractivity contribution in [1.82, 2.24) is 0 Å². The first-order valence-electron chi connectivity index (χ1n) is 6.37. The predicted molar refractivity (Wildman–Crippen MR) is 80.4 cm³/mol. The van der Waals surface area contributed by atoms with E-state index in [0.717, 1.165) is 5.75 Å². The largest absolute Gasteiger partial charge is 0.491 e. The Morgan fingerprint density at radius 2 is 1.65 bits per heavy atom. The Bertz CT molecular complexity index is 582. The molecule has 0 aliphatic rings. The van der Waals surface area contributed by atoms with Gasteiger partial charge in [-0.2, -0.15) is 0 Å². The van der Waals surface area contributed by atoms with Crippen LogP contribution in [0, 0.1) is 5.82 Å². The second-order valence-electron chi connectivity index (χ2n) is 4.81. The number of aliphatic hydroxyl groups excluding tert-OH is 1. The fourth-order valence-corrected chi connectivity index (χ4v) is 2.12. The Balaban J connectivity index is 2.20. The van der Waals surface area contributed by atoms with Crippen molar-refractivity contribution < 1.29 is 14.2 Å². The van der Waals surface area contributed by atoms with Gasteiger partial charge in [-0.1, -0.05) is 18.2 Å². The van der Waals surface area contributed by atoms with Crippen LogP contribution in [0.4, 0.5) is 4.39 Å². The molecule has 106 valence electrons. The lowest BCUT2D eigenvalue weighted by molar-refractivity contribution is 0.219. The summed E-state index contributed by atoms with van der Waals surface area (Å²) < 4.78 is 19.4. The molecule has 0 saturated heterocycles. The zero-order chi connectivity index (χ0) is 14.7. The van der Waals surface area contributed by atoms with Crippen molar-refractivity contribution >= 4 is 15.9 Å². The van der Waals surface area contributed by atoms with Crippen LogP contribution in [0.1, 0.15) is 31.1 Å². The van der Waals surface area contributed by atoms with E-state index in [2.05, 4.69) is 15.9 Å². The van der Waals surface area contributed by atoms with E-state index in [1.54, 1.807) is 36.4 Å². The normalized spacial score (nSPS) is 12.5. The number of aliphatic hydroxyl groups is 1. The van der Waals surface area contributed by atoms with Gasteiger partial charge >= 0.3 is 0 Å². The first kappa shape index (κ1) is 15.0. The highest BCUT2D eigenvalue weighted by molar-refractivity contribution is 9.10. The van der Waals surface area contributed by atoms with E-state index in [1.807, 2.05) is 13.8 Å². The molecule has 0 bridgehead atoms. The van der Waals surface area contributed by atoms with Crippen LogP contribution in [0.25, 0.3) is 0 Å². The predicted octanol–water partition coefficient (Wildman–Crippen LogP) is 4.46. The van der Waals surface area contributed by atoms with E-state index in [1.165, 1.54) is 6.07 Å². The number of halogens is 2. The fourth-order valence-electron chi connectivity index (χ4n) is 1.88. The van der Waals surface area contributed by atoms with E-state index >= 15 is 0 Å². The Morgan fingerprint density at radius 3 is 2.20 bits per heavy atom. The lowest BCUT2D eigenvalue weighted by atomic mass is 10.0. The number of rotatable bonds is 4. The smallest absolute Gasteiger partial charge is 0.137 e. The molecule has 0 amide bonds. The topological polar surface area (TPSA) is 29.5 Å². The molecular weight excluding hydrogens is 323 g/mol. The van der Waals surface area contributed by atoms with E-state index in [4.69, 9.17) is 4.74 Å². The number of hydrogen-bond acceptors (Lipinski definition) is 2. The number of hydrogen-bond donors (Lipinski definition) is 1. The van der Waals surface area contributed by atoms with E-state index in [9.17, 15) is 9.50 Å². The highest BCUT2D eigenvalue weighted by Gasteiger charge is 2.12. The van der Waals surface area contributed by atoms with E-state index in [-0.39, 0.29) is 11.9 Å². The molecule has 2 aromatic carbocycles. The molecular formula is C16H16BrFO2. The highest BCUT2D eigenvalue weighted by Crippen LogP contribution is 2.27. The van der Waals surface area contributed by atoms with Crippen LogP contribution < -0.4 is 4.74 Å². The SMILES string of the molecule is CC(C)Oc1ccc(C(O)c2ccc(Br)c(F)c2)cc1. The molecule has 2 nitrogen and oxygen atoms in total. The third kappa shape index (κ3) is 3.58. The summed E-state index contributed by atoms with van der Waals surface area (Å²) in [6.45, 7) is 3.90. The van der Waals surface area contributed by atoms with Crippen molar-refractivity contribution in [2.75, 3.05) is 0 Å². The maximum absolute atomic E-state index is 13.5. The number of benzene rings is 2. The summed E-state index contributed by atoms with van der Waals surface area (Å²) in [5.41, 5.74) is 1.21. The molecule has 0 aliphatic carbocycles. The second kappa shape index (κ2) is 6.37. The van der Waals surface area contributed by atoms with Crippen molar-refractivity contribution in [3.05, 3.63) is 63.9 Å². The molecule has 2 aromatic rings. The molecule has 0 spiro atoms. The Morgan fingerprint density at radius 1 is 1.05 bits per heavy atom. The summed E-state index contributed by atoms with van der Waals surface area (Å²) in [5, 5.41) is 10.3. The molecule has 0 heterocycles. The van der Waals surface area contributed by atoms with Gasteiger partial charge in [0.2, 0.25) is 0 Å². The molecule has 0 aliphatic heterocycles. The standard InChI is InChI=1S/C16H16BrFO2/c1-10(2)20-13-6-3-11(4-7-13)16(19)12-5-8-14(17)15(18)9-12/h3-10,16,19H,1-2H3. The third-order valence-electron chi connectivity index (χ3n) is 2.83. The molecule has 1 atom stereocenters. The maximum Gasteiger partial charge on any atom is 0.137 e. The van der Waals surface area contributed by atoms with Gasteiger partial charge in [-0.15, -0.1) is 0 Å². The van der Waals surface area contributed by atoms with Gasteiger partial charge in [-0.05, 0) is 65.2 Å². The van der Waals surface area contributed by atoms with Gasteiger partial charge in [-0.3, -0.25) is 0 Å². The van der Waals surface area contributed by atoms with Crippen LogP contribution >= 0.6 is 15.9 Å². The van der Waals surface area contributed by atoms with Crippen molar-refractivity contribution in [2.24, 2.45) is 0 Å². The average molecular weight is 339 g/mol. The van der Waals surface area contributed by atoms with Crippen LogP contribution in [0.15, 0.2) is 46.9 Å². The Kier molecular flexibility index (Phi) is 4.78. The van der Waals surface area contributed by atoms with E-state index < -0.39 is 6.10 Å². The molecule has 4 heteroatoms. The van der Waals surface area contributed by atoms with Crippen LogP contribution in [0.5, 0.6) is 5.75 Å².